The van der Waals surface area contributed by atoms with Gasteiger partial charge in [0.15, 0.2) is 48.1 Å². The van der Waals surface area contributed by atoms with Gasteiger partial charge in [-0.05, 0) is 36.5 Å². The number of aryl methyl sites for hydroxylation is 1. The van der Waals surface area contributed by atoms with Crippen molar-refractivity contribution in [3.8, 4) is 5.88 Å². The van der Waals surface area contributed by atoms with Crippen molar-refractivity contribution in [2.24, 2.45) is 0 Å². The SMILES string of the molecule is CP1(=S)OC[C@H]2O[C@@H]3[C@H](F)[C@@H]2OP(O)(=S)OC[C@H]2O[C@H]([C@H](F)[C@@H]2O1)n1cnc2c(nc(N)nc21)OC/C=C/CCc1ncnc2c1ncn23. The Morgan fingerprint density at radius 3 is 2.31 bits per heavy atom. The number of fused-ring (bicyclic) bond motifs is 10. The van der Waals surface area contributed by atoms with Crippen molar-refractivity contribution in [3.63, 3.8) is 0 Å². The summed E-state index contributed by atoms with van der Waals surface area (Å²) >= 11 is 11.0. The van der Waals surface area contributed by atoms with Gasteiger partial charge in [0.1, 0.15) is 42.9 Å². The number of hydrogen-bond donors (Lipinski definition) is 2. The zero-order valence-corrected chi connectivity index (χ0v) is 28.9. The second-order valence-electron chi connectivity index (χ2n) is 11.7. The van der Waals surface area contributed by atoms with E-state index in [0.717, 1.165) is 0 Å². The van der Waals surface area contributed by atoms with Gasteiger partial charge in [0.25, 0.3) is 0 Å². The molecule has 4 aromatic rings. The highest BCUT2D eigenvalue weighted by molar-refractivity contribution is 8.09. The third kappa shape index (κ3) is 6.29. The monoisotopic (exact) mass is 759 g/mol. The number of nitrogens with zero attached hydrogens (tertiary/aromatic N) is 8. The van der Waals surface area contributed by atoms with E-state index in [9.17, 15) is 4.89 Å². The Labute approximate surface area is 286 Å². The maximum absolute atomic E-state index is 16.4. The van der Waals surface area contributed by atoms with Crippen LogP contribution in [0.15, 0.2) is 31.1 Å². The first-order valence-corrected chi connectivity index (χ1v) is 20.7. The second kappa shape index (κ2) is 12.8. The number of anilines is 1. The molecule has 0 aliphatic carbocycles. The Kier molecular flexibility index (Phi) is 8.76. The summed E-state index contributed by atoms with van der Waals surface area (Å²) in [6.45, 7) is -6.69. The van der Waals surface area contributed by atoms with Crippen LogP contribution >= 0.6 is 13.2 Å². The molecule has 0 saturated carbocycles. The first kappa shape index (κ1) is 33.5. The number of rotatable bonds is 0. The fourth-order valence-electron chi connectivity index (χ4n) is 6.16. The normalized spacial score (nSPS) is 37.6. The van der Waals surface area contributed by atoms with Gasteiger partial charge >= 0.3 is 6.72 Å². The minimum Gasteiger partial charge on any atom is -0.472 e. The Morgan fingerprint density at radius 2 is 1.55 bits per heavy atom. The summed E-state index contributed by atoms with van der Waals surface area (Å²) in [5, 5.41) is 0. The molecule has 9 rings (SSSR count). The molecule has 3 fully saturated rings. The van der Waals surface area contributed by atoms with Crippen LogP contribution in [0.5, 0.6) is 5.88 Å². The summed E-state index contributed by atoms with van der Waals surface area (Å²) in [6, 6.07) is 0. The maximum atomic E-state index is 16.4. The average molecular weight is 760 g/mol. The van der Waals surface area contributed by atoms with Crippen LogP contribution in [-0.2, 0) is 57.6 Å². The second-order valence-corrected chi connectivity index (χ2v) is 18.5. The van der Waals surface area contributed by atoms with E-state index in [1.54, 1.807) is 6.08 Å². The highest BCUT2D eigenvalue weighted by atomic mass is 32.5. The lowest BCUT2D eigenvalue weighted by atomic mass is 10.1. The highest BCUT2D eigenvalue weighted by Gasteiger charge is 2.53. The van der Waals surface area contributed by atoms with Crippen molar-refractivity contribution in [2.45, 2.75) is 62.1 Å². The number of halogens is 2. The zero-order valence-electron chi connectivity index (χ0n) is 25.5. The molecule has 9 heterocycles. The molecule has 17 nitrogen and oxygen atoms in total. The van der Waals surface area contributed by atoms with Crippen LogP contribution in [-0.4, -0.2) is 107 Å². The molecule has 5 aliphatic heterocycles. The number of nitrogens with two attached hydrogens (primary N) is 1. The molecule has 14 bridgehead atoms. The smallest absolute Gasteiger partial charge is 0.325 e. The molecule has 262 valence electrons. The minimum atomic E-state index is -4.20. The van der Waals surface area contributed by atoms with Gasteiger partial charge in [-0.25, -0.2) is 28.7 Å². The lowest BCUT2D eigenvalue weighted by Gasteiger charge is -2.30. The lowest BCUT2D eigenvalue weighted by molar-refractivity contribution is -0.0549. The van der Waals surface area contributed by atoms with Crippen molar-refractivity contribution >= 4 is 65.1 Å². The third-order valence-electron chi connectivity index (χ3n) is 8.40. The Bertz CT molecular complexity index is 2040. The van der Waals surface area contributed by atoms with Gasteiger partial charge in [0, 0.05) is 6.66 Å². The van der Waals surface area contributed by atoms with Crippen LogP contribution in [0.25, 0.3) is 22.3 Å². The summed E-state index contributed by atoms with van der Waals surface area (Å²) in [4.78, 5) is 37.1. The molecule has 0 aromatic carbocycles. The van der Waals surface area contributed by atoms with E-state index in [2.05, 4.69) is 29.9 Å². The summed E-state index contributed by atoms with van der Waals surface area (Å²) in [5.41, 5.74) is 7.75. The van der Waals surface area contributed by atoms with Crippen LogP contribution in [0.4, 0.5) is 14.7 Å². The van der Waals surface area contributed by atoms with E-state index in [1.165, 1.54) is 34.8 Å². The fourth-order valence-corrected chi connectivity index (χ4v) is 9.25. The molecular formula is C26H29F2N9O8P2S2. The van der Waals surface area contributed by atoms with Gasteiger partial charge in [-0.1, -0.05) is 12.2 Å². The van der Waals surface area contributed by atoms with Crippen LogP contribution in [0.1, 0.15) is 24.6 Å². The summed E-state index contributed by atoms with van der Waals surface area (Å²) in [5.74, 6) is -0.0573. The summed E-state index contributed by atoms with van der Waals surface area (Å²) in [6.07, 6.45) is -2.77. The predicted molar refractivity (Wildman–Crippen MR) is 174 cm³/mol. The summed E-state index contributed by atoms with van der Waals surface area (Å²) in [7, 11) is 0. The minimum absolute atomic E-state index is 0.0833. The quantitative estimate of drug-likeness (QED) is 0.196. The Morgan fingerprint density at radius 1 is 0.878 bits per heavy atom. The van der Waals surface area contributed by atoms with E-state index < -0.39 is 69.0 Å². The van der Waals surface area contributed by atoms with Crippen molar-refractivity contribution in [1.82, 2.24) is 39.0 Å². The predicted octanol–water partition coefficient (Wildman–Crippen LogP) is 2.57. The van der Waals surface area contributed by atoms with Gasteiger partial charge in [-0.3, -0.25) is 13.7 Å². The molecular weight excluding hydrogens is 730 g/mol. The molecule has 5 aliphatic rings. The molecule has 10 atom stereocenters. The van der Waals surface area contributed by atoms with Crippen molar-refractivity contribution in [1.29, 1.82) is 0 Å². The zero-order chi connectivity index (χ0) is 34.1. The first-order chi connectivity index (χ1) is 23.5. The average Bonchev–Trinajstić information content (AvgIpc) is 3.81. The van der Waals surface area contributed by atoms with E-state index in [4.69, 9.17) is 61.7 Å². The van der Waals surface area contributed by atoms with E-state index in [0.29, 0.717) is 29.7 Å². The molecule has 23 heteroatoms. The molecule has 3 saturated heterocycles. The van der Waals surface area contributed by atoms with Gasteiger partial charge < -0.3 is 38.4 Å². The number of ether oxygens (including phenoxy) is 3. The molecule has 4 aromatic heterocycles. The molecule has 0 radical (unpaired) electrons. The summed E-state index contributed by atoms with van der Waals surface area (Å²) < 4.78 is 77.0. The Balaban J connectivity index is 1.22. The van der Waals surface area contributed by atoms with Gasteiger partial charge in [-0.2, -0.15) is 9.97 Å². The van der Waals surface area contributed by atoms with E-state index >= 15 is 8.78 Å². The number of aromatic nitrogens is 8. The van der Waals surface area contributed by atoms with Crippen molar-refractivity contribution in [3.05, 3.63) is 36.8 Å². The highest BCUT2D eigenvalue weighted by Crippen LogP contribution is 2.55. The van der Waals surface area contributed by atoms with Crippen molar-refractivity contribution < 1.29 is 46.0 Å². The standard InChI is InChI=1S/C26H29F2N9O8P2S2/c1-46(48)40-7-13-20-16(28)24(42-13)36-10-32-17-12(30-9-31-21(17)36)5-3-2-4-6-39-23-18-22(34-26(29)35-23)37(11-33-18)25-15(27)19(44-46)14(43-25)8-41-47(38,49)45-20/h2,4,9-11,13-16,19-20,24-25H,3,5-8H2,1H3,(H,38,49)(H2,29,34,35)/b4-2+/t13-,14-,15-,16-,19-,20-,24-,25-,46?,47?/m1/s1. The van der Waals surface area contributed by atoms with Gasteiger partial charge in [-0.15, -0.1) is 0 Å². The van der Waals surface area contributed by atoms with Crippen LogP contribution in [0.3, 0.4) is 0 Å². The van der Waals surface area contributed by atoms with Crippen LogP contribution < -0.4 is 10.5 Å². The van der Waals surface area contributed by atoms with Gasteiger partial charge in [0.05, 0.1) is 31.6 Å². The molecule has 3 N–H and O–H groups in total. The Hall–Kier alpha value is -2.68. The number of hydrogen-bond acceptors (Lipinski definition) is 16. The van der Waals surface area contributed by atoms with E-state index in [1.807, 2.05) is 6.08 Å². The lowest BCUT2D eigenvalue weighted by Crippen LogP contribution is -2.37. The number of alkyl halides is 2. The molecule has 49 heavy (non-hydrogen) atoms. The van der Waals surface area contributed by atoms with E-state index in [-0.39, 0.29) is 36.2 Å². The molecule has 2 unspecified atom stereocenters. The first-order valence-electron chi connectivity index (χ1n) is 15.1. The fraction of sp³-hybridized carbons (Fsp3) is 0.538. The number of allylic oxidation sites excluding steroid dienone is 1. The molecule has 0 spiro atoms. The number of imidazole rings is 2. The van der Waals surface area contributed by atoms with Crippen molar-refractivity contribution in [2.75, 3.05) is 32.2 Å². The van der Waals surface area contributed by atoms with Gasteiger partial charge in [0.2, 0.25) is 11.8 Å². The third-order valence-corrected chi connectivity index (χ3v) is 11.8. The molecule has 0 amide bonds. The van der Waals surface area contributed by atoms with Crippen LogP contribution in [0, 0.1) is 0 Å². The van der Waals surface area contributed by atoms with Crippen LogP contribution in [0.2, 0.25) is 0 Å². The maximum Gasteiger partial charge on any atom is 0.325 e. The number of nitrogen functional groups attached to an aromatic ring is 1. The topological polar surface area (TPSA) is 198 Å². The largest absolute Gasteiger partial charge is 0.472 e.